The number of aliphatic hydroxyl groups excluding tert-OH is 1. The number of benzene rings is 1. The highest BCUT2D eigenvalue weighted by Gasteiger charge is 2.18. The van der Waals surface area contributed by atoms with E-state index in [4.69, 9.17) is 4.74 Å². The van der Waals surface area contributed by atoms with Gasteiger partial charge < -0.3 is 9.84 Å². The second-order valence-corrected chi connectivity index (χ2v) is 4.90. The van der Waals surface area contributed by atoms with Crippen LogP contribution in [0.2, 0.25) is 0 Å². The molecule has 0 saturated heterocycles. The lowest BCUT2D eigenvalue weighted by Crippen LogP contribution is -1.97. The molecular weight excluding hydrogens is 328 g/mol. The molecule has 2 rings (SSSR count). The van der Waals surface area contributed by atoms with Crippen molar-refractivity contribution in [3.63, 3.8) is 0 Å². The van der Waals surface area contributed by atoms with Gasteiger partial charge in [-0.25, -0.2) is 0 Å². The summed E-state index contributed by atoms with van der Waals surface area (Å²) in [4.78, 5) is 14.5. The molecule has 0 aliphatic heterocycles. The first-order valence-corrected chi connectivity index (χ1v) is 6.53. The molecule has 2 aromatic rings. The van der Waals surface area contributed by atoms with Gasteiger partial charge in [0.2, 0.25) is 5.75 Å². The number of nitro groups is 1. The Morgan fingerprint density at radius 1 is 1.40 bits per heavy atom. The van der Waals surface area contributed by atoms with Crippen molar-refractivity contribution in [1.82, 2.24) is 4.98 Å². The number of aliphatic hydroxyl groups is 1. The Morgan fingerprint density at radius 2 is 2.15 bits per heavy atom. The minimum atomic E-state index is -0.679. The molecule has 1 aromatic heterocycles. The second-order valence-electron chi connectivity index (χ2n) is 4.04. The molecule has 0 spiro atoms. The van der Waals surface area contributed by atoms with Crippen LogP contribution in [0.4, 0.5) is 5.69 Å². The quantitative estimate of drug-likeness (QED) is 0.679. The van der Waals surface area contributed by atoms with E-state index in [-0.39, 0.29) is 11.4 Å². The highest BCUT2D eigenvalue weighted by atomic mass is 79.9. The number of aromatic nitrogens is 1. The fourth-order valence-corrected chi connectivity index (χ4v) is 2.00. The van der Waals surface area contributed by atoms with E-state index >= 15 is 0 Å². The zero-order valence-electron chi connectivity index (χ0n) is 10.5. The molecule has 1 atom stereocenters. The monoisotopic (exact) mass is 338 g/mol. The number of pyridine rings is 1. The van der Waals surface area contributed by atoms with E-state index in [0.717, 1.165) is 0 Å². The molecule has 6 nitrogen and oxygen atoms in total. The van der Waals surface area contributed by atoms with Crippen LogP contribution in [0.5, 0.6) is 11.5 Å². The summed E-state index contributed by atoms with van der Waals surface area (Å²) in [6.07, 6.45) is 0.729. The average molecular weight is 339 g/mol. The molecule has 1 aromatic carbocycles. The van der Waals surface area contributed by atoms with Crippen LogP contribution < -0.4 is 4.74 Å². The normalized spacial score (nSPS) is 11.9. The number of hydrogen-bond acceptors (Lipinski definition) is 5. The summed E-state index contributed by atoms with van der Waals surface area (Å²) in [6.45, 7) is 1.60. The molecule has 0 bridgehead atoms. The zero-order chi connectivity index (χ0) is 14.7. The van der Waals surface area contributed by atoms with Crippen LogP contribution in [0.15, 0.2) is 41.0 Å². The van der Waals surface area contributed by atoms with E-state index < -0.39 is 11.0 Å². The molecule has 0 fully saturated rings. The van der Waals surface area contributed by atoms with Gasteiger partial charge in [-0.1, -0.05) is 6.07 Å². The van der Waals surface area contributed by atoms with E-state index in [1.165, 1.54) is 12.3 Å². The molecule has 0 radical (unpaired) electrons. The van der Waals surface area contributed by atoms with Crippen molar-refractivity contribution in [1.29, 1.82) is 0 Å². The number of para-hydroxylation sites is 1. The number of rotatable bonds is 4. The van der Waals surface area contributed by atoms with Gasteiger partial charge in [-0.2, -0.15) is 0 Å². The lowest BCUT2D eigenvalue weighted by Gasteiger charge is -2.09. The van der Waals surface area contributed by atoms with Crippen LogP contribution in [0.25, 0.3) is 0 Å². The van der Waals surface area contributed by atoms with E-state index in [1.807, 2.05) is 0 Å². The summed E-state index contributed by atoms with van der Waals surface area (Å²) < 4.78 is 5.98. The van der Waals surface area contributed by atoms with Crippen molar-refractivity contribution < 1.29 is 14.8 Å². The SMILES string of the molecule is C[C@@H](O)c1ccc(Oc2c(Br)cccc2[N+](=O)[O-])cn1. The van der Waals surface area contributed by atoms with Crippen molar-refractivity contribution in [2.75, 3.05) is 0 Å². The number of nitrogens with zero attached hydrogens (tertiary/aromatic N) is 2. The Labute approximate surface area is 123 Å². The maximum atomic E-state index is 11.0. The van der Waals surface area contributed by atoms with Crippen LogP contribution >= 0.6 is 15.9 Å². The number of nitro benzene ring substituents is 1. The number of hydrogen-bond donors (Lipinski definition) is 1. The largest absolute Gasteiger partial charge is 0.447 e. The first-order valence-electron chi connectivity index (χ1n) is 5.74. The van der Waals surface area contributed by atoms with Crippen LogP contribution in [0.3, 0.4) is 0 Å². The number of ether oxygens (including phenoxy) is 1. The Kier molecular flexibility index (Phi) is 4.31. The summed E-state index contributed by atoms with van der Waals surface area (Å²) in [5.41, 5.74) is 0.359. The maximum absolute atomic E-state index is 11.0. The van der Waals surface area contributed by atoms with Gasteiger partial charge in [0, 0.05) is 6.07 Å². The predicted octanol–water partition coefficient (Wildman–Crippen LogP) is 3.60. The smallest absolute Gasteiger partial charge is 0.312 e. The molecule has 1 heterocycles. The van der Waals surface area contributed by atoms with Crippen molar-refractivity contribution in [2.45, 2.75) is 13.0 Å². The molecule has 0 amide bonds. The van der Waals surface area contributed by atoms with Crippen molar-refractivity contribution in [3.05, 3.63) is 56.8 Å². The minimum Gasteiger partial charge on any atom is -0.447 e. The van der Waals surface area contributed by atoms with E-state index in [0.29, 0.717) is 15.9 Å². The number of halogens is 1. The predicted molar refractivity (Wildman–Crippen MR) is 75.7 cm³/mol. The van der Waals surface area contributed by atoms with Crippen molar-refractivity contribution >= 4 is 21.6 Å². The topological polar surface area (TPSA) is 85.5 Å². The van der Waals surface area contributed by atoms with Gasteiger partial charge in [0.1, 0.15) is 5.75 Å². The van der Waals surface area contributed by atoms with Gasteiger partial charge >= 0.3 is 5.69 Å². The minimum absolute atomic E-state index is 0.115. The molecule has 7 heteroatoms. The Bertz CT molecular complexity index is 629. The highest BCUT2D eigenvalue weighted by Crippen LogP contribution is 2.37. The molecule has 20 heavy (non-hydrogen) atoms. The fraction of sp³-hybridized carbons (Fsp3) is 0.154. The van der Waals surface area contributed by atoms with E-state index in [2.05, 4.69) is 20.9 Å². The zero-order valence-corrected chi connectivity index (χ0v) is 12.1. The van der Waals surface area contributed by atoms with Gasteiger partial charge in [-0.15, -0.1) is 0 Å². The molecular formula is C13H11BrN2O4. The molecule has 0 saturated carbocycles. The summed E-state index contributed by atoms with van der Waals surface area (Å²) in [7, 11) is 0. The van der Waals surface area contributed by atoms with Gasteiger partial charge in [0.25, 0.3) is 0 Å². The summed E-state index contributed by atoms with van der Waals surface area (Å²) in [5, 5.41) is 20.3. The van der Waals surface area contributed by atoms with Crippen LogP contribution in [-0.4, -0.2) is 15.0 Å². The van der Waals surface area contributed by atoms with E-state index in [9.17, 15) is 15.2 Å². The summed E-state index contributed by atoms with van der Waals surface area (Å²) in [5.74, 6) is 0.466. The fourth-order valence-electron chi connectivity index (χ4n) is 1.56. The molecule has 1 N–H and O–H groups in total. The third kappa shape index (κ3) is 3.12. The highest BCUT2D eigenvalue weighted by molar-refractivity contribution is 9.10. The van der Waals surface area contributed by atoms with Crippen LogP contribution in [0.1, 0.15) is 18.7 Å². The maximum Gasteiger partial charge on any atom is 0.312 e. The second kappa shape index (κ2) is 5.98. The average Bonchev–Trinajstić information content (AvgIpc) is 2.41. The summed E-state index contributed by atoms with van der Waals surface area (Å²) >= 11 is 3.22. The standard InChI is InChI=1S/C13H11BrN2O4/c1-8(17)11-6-5-9(7-15-11)20-13-10(14)3-2-4-12(13)16(18)19/h2-8,17H,1H3/t8-/m1/s1. The van der Waals surface area contributed by atoms with Gasteiger partial charge in [-0.3, -0.25) is 15.1 Å². The van der Waals surface area contributed by atoms with Gasteiger partial charge in [0.05, 0.1) is 27.4 Å². The first-order chi connectivity index (χ1) is 9.49. The first kappa shape index (κ1) is 14.4. The molecule has 0 aliphatic rings. The van der Waals surface area contributed by atoms with Crippen LogP contribution in [0, 0.1) is 10.1 Å². The Hall–Kier alpha value is -1.99. The Balaban J connectivity index is 2.32. The molecule has 104 valence electrons. The van der Waals surface area contributed by atoms with Crippen molar-refractivity contribution in [3.8, 4) is 11.5 Å². The van der Waals surface area contributed by atoms with Gasteiger partial charge in [-0.05, 0) is 41.1 Å². The lowest BCUT2D eigenvalue weighted by atomic mass is 10.2. The molecule has 0 aliphatic carbocycles. The Morgan fingerprint density at radius 3 is 2.70 bits per heavy atom. The molecule has 0 unspecified atom stereocenters. The lowest BCUT2D eigenvalue weighted by molar-refractivity contribution is -0.385. The van der Waals surface area contributed by atoms with E-state index in [1.54, 1.807) is 31.2 Å². The van der Waals surface area contributed by atoms with Gasteiger partial charge in [0.15, 0.2) is 0 Å². The third-order valence-electron chi connectivity index (χ3n) is 2.55. The third-order valence-corrected chi connectivity index (χ3v) is 3.17. The van der Waals surface area contributed by atoms with Crippen molar-refractivity contribution in [2.24, 2.45) is 0 Å². The summed E-state index contributed by atoms with van der Waals surface area (Å²) in [6, 6.07) is 7.77. The van der Waals surface area contributed by atoms with Crippen LogP contribution in [-0.2, 0) is 0 Å².